The molecule has 0 fully saturated rings. The van der Waals surface area contributed by atoms with Crippen molar-refractivity contribution in [1.29, 1.82) is 0 Å². The van der Waals surface area contributed by atoms with Crippen molar-refractivity contribution in [3.8, 4) is 11.4 Å². The van der Waals surface area contributed by atoms with Gasteiger partial charge in [0.1, 0.15) is 17.1 Å². The summed E-state index contributed by atoms with van der Waals surface area (Å²) in [6.45, 7) is 3.57. The van der Waals surface area contributed by atoms with Crippen LogP contribution in [0, 0.1) is 44.2 Å². The number of aromatic hydroxyl groups is 1. The summed E-state index contributed by atoms with van der Waals surface area (Å²) in [5.74, 6) is -0.113. The maximum Gasteiger partial charge on any atom is 0.301 e. The van der Waals surface area contributed by atoms with E-state index in [9.17, 15) is 35.4 Å². The second-order valence-electron chi connectivity index (χ2n) is 9.17. The molecule has 2 aromatic heterocycles. The van der Waals surface area contributed by atoms with Crippen molar-refractivity contribution in [2.45, 2.75) is 13.8 Å². The van der Waals surface area contributed by atoms with Crippen LogP contribution in [0.15, 0.2) is 78.0 Å². The van der Waals surface area contributed by atoms with Gasteiger partial charge in [-0.1, -0.05) is 11.6 Å². The summed E-state index contributed by atoms with van der Waals surface area (Å²) in [4.78, 5) is 36.4. The largest absolute Gasteiger partial charge is 0.507 e. The van der Waals surface area contributed by atoms with Crippen molar-refractivity contribution >= 4 is 39.5 Å². The highest BCUT2D eigenvalue weighted by atomic mass is 16.6. The number of hydrazone groups is 1. The van der Waals surface area contributed by atoms with Crippen LogP contribution in [0.5, 0.6) is 5.75 Å². The van der Waals surface area contributed by atoms with E-state index in [1.54, 1.807) is 37.3 Å². The smallest absolute Gasteiger partial charge is 0.301 e. The monoisotopic (exact) mass is 568 g/mol. The van der Waals surface area contributed by atoms with E-state index in [1.165, 1.54) is 35.1 Å². The van der Waals surface area contributed by atoms with E-state index in [0.717, 1.165) is 17.7 Å². The van der Waals surface area contributed by atoms with Gasteiger partial charge in [-0.25, -0.2) is 9.67 Å². The zero-order valence-electron chi connectivity index (χ0n) is 22.0. The number of benzene rings is 3. The average molecular weight is 569 g/mol. The summed E-state index contributed by atoms with van der Waals surface area (Å²) in [6.07, 6.45) is 1.48. The Balaban J connectivity index is 1.63. The van der Waals surface area contributed by atoms with Crippen LogP contribution in [0.1, 0.15) is 22.4 Å². The molecule has 5 rings (SSSR count). The zero-order valence-corrected chi connectivity index (χ0v) is 22.0. The average Bonchev–Trinajstić information content (AvgIpc) is 3.30. The minimum absolute atomic E-state index is 0.0678. The SMILES string of the molecule is Cc1ccc(O)c(/C(=N\Nc2ccc([N+](=O)[O-])cc2[N+](=O)[O-])c2cnc3c(c2)c(C)nn3-c2ccc([N+](=O)[O-])cc2)c1. The minimum atomic E-state index is -0.766. The Morgan fingerprint density at radius 1 is 0.881 bits per heavy atom. The van der Waals surface area contributed by atoms with Crippen molar-refractivity contribution in [3.05, 3.63) is 126 Å². The molecule has 2 heterocycles. The minimum Gasteiger partial charge on any atom is -0.507 e. The number of phenols is 1. The number of aryl methyl sites for hydroxylation is 2. The summed E-state index contributed by atoms with van der Waals surface area (Å²) in [7, 11) is 0. The van der Waals surface area contributed by atoms with E-state index in [-0.39, 0.29) is 22.8 Å². The van der Waals surface area contributed by atoms with Crippen LogP contribution in [0.2, 0.25) is 0 Å². The molecule has 0 spiro atoms. The second-order valence-corrected chi connectivity index (χ2v) is 9.17. The van der Waals surface area contributed by atoms with E-state index in [4.69, 9.17) is 0 Å². The lowest BCUT2D eigenvalue weighted by atomic mass is 10.00. The van der Waals surface area contributed by atoms with Crippen LogP contribution in [-0.2, 0) is 0 Å². The number of hydrogen-bond donors (Lipinski definition) is 2. The molecule has 0 saturated heterocycles. The molecule has 5 aromatic rings. The van der Waals surface area contributed by atoms with E-state index < -0.39 is 26.1 Å². The predicted octanol–water partition coefficient (Wildman–Crippen LogP) is 5.33. The molecule has 0 aliphatic heterocycles. The molecule has 0 amide bonds. The first-order chi connectivity index (χ1) is 20.0. The number of nitro benzene ring substituents is 3. The van der Waals surface area contributed by atoms with Crippen molar-refractivity contribution in [1.82, 2.24) is 14.8 Å². The number of non-ortho nitro benzene ring substituents is 2. The number of fused-ring (bicyclic) bond motifs is 1. The van der Waals surface area contributed by atoms with Crippen LogP contribution in [0.25, 0.3) is 16.7 Å². The lowest BCUT2D eigenvalue weighted by molar-refractivity contribution is -0.393. The van der Waals surface area contributed by atoms with E-state index >= 15 is 0 Å². The van der Waals surface area contributed by atoms with Crippen LogP contribution in [0.4, 0.5) is 22.7 Å². The molecule has 3 aromatic carbocycles. The molecule has 0 saturated carbocycles. The Kier molecular flexibility index (Phi) is 6.98. The molecule has 0 unspecified atom stereocenters. The van der Waals surface area contributed by atoms with Crippen molar-refractivity contribution in [3.63, 3.8) is 0 Å². The van der Waals surface area contributed by atoms with Gasteiger partial charge in [0, 0.05) is 40.9 Å². The second kappa shape index (κ2) is 10.7. The molecule has 2 N–H and O–H groups in total. The summed E-state index contributed by atoms with van der Waals surface area (Å²) in [5.41, 5.74) is 4.73. The molecule has 0 aliphatic carbocycles. The van der Waals surface area contributed by atoms with E-state index in [0.29, 0.717) is 33.5 Å². The number of rotatable bonds is 8. The number of pyridine rings is 1. The number of anilines is 1. The van der Waals surface area contributed by atoms with Gasteiger partial charge in [-0.05, 0) is 50.2 Å². The normalized spacial score (nSPS) is 11.4. The molecular formula is C27H20N8O7. The first kappa shape index (κ1) is 27.3. The summed E-state index contributed by atoms with van der Waals surface area (Å²) in [5, 5.41) is 54.1. The number of nitrogens with zero attached hydrogens (tertiary/aromatic N) is 7. The van der Waals surface area contributed by atoms with E-state index in [2.05, 4.69) is 20.6 Å². The molecule has 0 radical (unpaired) electrons. The fourth-order valence-electron chi connectivity index (χ4n) is 4.28. The zero-order chi connectivity index (χ0) is 30.1. The number of nitro groups is 3. The lowest BCUT2D eigenvalue weighted by Gasteiger charge is -2.12. The maximum absolute atomic E-state index is 11.6. The maximum atomic E-state index is 11.6. The van der Waals surface area contributed by atoms with Gasteiger partial charge in [-0.3, -0.25) is 35.8 Å². The lowest BCUT2D eigenvalue weighted by Crippen LogP contribution is -2.09. The van der Waals surface area contributed by atoms with E-state index in [1.807, 2.05) is 6.92 Å². The van der Waals surface area contributed by atoms with Crippen LogP contribution in [-0.4, -0.2) is 40.4 Å². The van der Waals surface area contributed by atoms with Gasteiger partial charge in [-0.15, -0.1) is 0 Å². The van der Waals surface area contributed by atoms with Crippen LogP contribution < -0.4 is 5.43 Å². The molecular weight excluding hydrogens is 548 g/mol. The predicted molar refractivity (Wildman–Crippen MR) is 152 cm³/mol. The third kappa shape index (κ3) is 5.16. The molecule has 0 bridgehead atoms. The molecule has 15 nitrogen and oxygen atoms in total. The molecule has 210 valence electrons. The number of hydrogen-bond acceptors (Lipinski definition) is 11. The van der Waals surface area contributed by atoms with Gasteiger partial charge in [0.15, 0.2) is 5.65 Å². The first-order valence-electron chi connectivity index (χ1n) is 12.2. The number of nitrogens with one attached hydrogen (secondary N) is 1. The molecule has 0 aliphatic rings. The van der Waals surface area contributed by atoms with Crippen LogP contribution in [0.3, 0.4) is 0 Å². The summed E-state index contributed by atoms with van der Waals surface area (Å²) < 4.78 is 1.54. The van der Waals surface area contributed by atoms with Gasteiger partial charge in [0.05, 0.1) is 32.2 Å². The Labute approximate surface area is 235 Å². The van der Waals surface area contributed by atoms with Gasteiger partial charge in [0.25, 0.3) is 11.4 Å². The number of aromatic nitrogens is 3. The highest BCUT2D eigenvalue weighted by Gasteiger charge is 2.21. The fraction of sp³-hybridized carbons (Fsp3) is 0.0741. The highest BCUT2D eigenvalue weighted by molar-refractivity contribution is 6.15. The van der Waals surface area contributed by atoms with Crippen molar-refractivity contribution < 1.29 is 19.9 Å². The fourth-order valence-corrected chi connectivity index (χ4v) is 4.28. The van der Waals surface area contributed by atoms with Gasteiger partial charge in [-0.2, -0.15) is 10.2 Å². The Morgan fingerprint density at radius 2 is 1.57 bits per heavy atom. The van der Waals surface area contributed by atoms with Crippen molar-refractivity contribution in [2.24, 2.45) is 5.10 Å². The third-order valence-electron chi connectivity index (χ3n) is 6.37. The summed E-state index contributed by atoms with van der Waals surface area (Å²) in [6, 6.07) is 15.5. The Morgan fingerprint density at radius 3 is 2.24 bits per heavy atom. The van der Waals surface area contributed by atoms with Gasteiger partial charge < -0.3 is 5.11 Å². The Hall–Kier alpha value is -6.25. The highest BCUT2D eigenvalue weighted by Crippen LogP contribution is 2.31. The summed E-state index contributed by atoms with van der Waals surface area (Å²) >= 11 is 0. The quantitative estimate of drug-likeness (QED) is 0.140. The molecule has 42 heavy (non-hydrogen) atoms. The number of phenolic OH excluding ortho intramolecular Hbond substituents is 1. The molecule has 15 heteroatoms. The van der Waals surface area contributed by atoms with Gasteiger partial charge in [0.2, 0.25) is 0 Å². The van der Waals surface area contributed by atoms with Crippen LogP contribution >= 0.6 is 0 Å². The standard InChI is InChI=1S/C27H20N8O7/c1-15-3-10-25(36)22(11-15)26(30-29-23-9-8-20(34(39)40)13-24(23)35(41)42)17-12-21-16(2)31-32(27(21)28-14-17)18-4-6-19(7-5-18)33(37)38/h3-14,29,36H,1-2H3/b30-26-. The third-order valence-corrected chi connectivity index (χ3v) is 6.37. The van der Waals surface area contributed by atoms with Crippen molar-refractivity contribution in [2.75, 3.05) is 5.43 Å². The van der Waals surface area contributed by atoms with Gasteiger partial charge >= 0.3 is 5.69 Å². The topological polar surface area (TPSA) is 205 Å². The Bertz CT molecular complexity index is 1930. The molecule has 0 atom stereocenters. The first-order valence-corrected chi connectivity index (χ1v) is 12.2.